The number of hydrogen-bond donors (Lipinski definition) is 1. The van der Waals surface area contributed by atoms with Crippen LogP contribution in [-0.2, 0) is 4.74 Å². The number of amides is 2. The second kappa shape index (κ2) is 6.74. The molecule has 0 bridgehead atoms. The number of hydrogen-bond acceptors (Lipinski definition) is 3. The third-order valence-electron chi connectivity index (χ3n) is 4.35. The van der Waals surface area contributed by atoms with Crippen molar-refractivity contribution in [2.45, 2.75) is 38.9 Å². The number of rotatable bonds is 2. The fourth-order valence-corrected chi connectivity index (χ4v) is 3.35. The Kier molecular flexibility index (Phi) is 4.71. The highest BCUT2D eigenvalue weighted by atomic mass is 19.1. The van der Waals surface area contributed by atoms with Gasteiger partial charge in [0, 0.05) is 31.9 Å². The first-order valence-electron chi connectivity index (χ1n) is 8.29. The highest BCUT2D eigenvalue weighted by molar-refractivity contribution is 5.89. The third-order valence-corrected chi connectivity index (χ3v) is 4.35. The van der Waals surface area contributed by atoms with E-state index in [4.69, 9.17) is 4.74 Å². The maximum Gasteiger partial charge on any atom is 0.322 e. The minimum absolute atomic E-state index is 0.0128. The minimum Gasteiger partial charge on any atom is -0.372 e. The van der Waals surface area contributed by atoms with Gasteiger partial charge in [0.1, 0.15) is 5.82 Å². The summed E-state index contributed by atoms with van der Waals surface area (Å²) in [7, 11) is 0. The van der Waals surface area contributed by atoms with Gasteiger partial charge in [0.05, 0.1) is 17.9 Å². The summed E-state index contributed by atoms with van der Waals surface area (Å²) in [4.78, 5) is 16.1. The zero-order chi connectivity index (χ0) is 16.4. The lowest BCUT2D eigenvalue weighted by molar-refractivity contribution is -0.0530. The smallest absolute Gasteiger partial charge is 0.322 e. The highest BCUT2D eigenvalue weighted by Crippen LogP contribution is 2.26. The fourth-order valence-electron chi connectivity index (χ4n) is 3.35. The number of morpholine rings is 1. The van der Waals surface area contributed by atoms with Crippen molar-refractivity contribution >= 4 is 17.4 Å². The van der Waals surface area contributed by atoms with Crippen LogP contribution in [0.15, 0.2) is 18.2 Å². The molecule has 2 saturated heterocycles. The van der Waals surface area contributed by atoms with E-state index in [9.17, 15) is 9.18 Å². The molecule has 23 heavy (non-hydrogen) atoms. The number of halogens is 1. The Morgan fingerprint density at radius 3 is 2.48 bits per heavy atom. The van der Waals surface area contributed by atoms with E-state index in [1.54, 1.807) is 17.0 Å². The molecule has 2 heterocycles. The summed E-state index contributed by atoms with van der Waals surface area (Å²) in [5.74, 6) is -0.284. The molecule has 3 rings (SSSR count). The molecule has 0 aliphatic carbocycles. The lowest BCUT2D eigenvalue weighted by atomic mass is 10.2. The number of benzene rings is 1. The monoisotopic (exact) mass is 321 g/mol. The summed E-state index contributed by atoms with van der Waals surface area (Å²) in [6.07, 6.45) is 2.23. The second-order valence-electron chi connectivity index (χ2n) is 6.45. The predicted octanol–water partition coefficient (Wildman–Crippen LogP) is 3.07. The average Bonchev–Trinajstić information content (AvgIpc) is 3.00. The van der Waals surface area contributed by atoms with E-state index in [1.807, 2.05) is 18.7 Å². The SMILES string of the molecule is CC1CN(C(=O)Nc2ccc(N3CCCC3)c(F)c2)CC(C)O1. The minimum atomic E-state index is -0.284. The summed E-state index contributed by atoms with van der Waals surface area (Å²) in [6.45, 7) is 6.77. The number of anilines is 2. The lowest BCUT2D eigenvalue weighted by Gasteiger charge is -2.35. The maximum absolute atomic E-state index is 14.3. The van der Waals surface area contributed by atoms with Gasteiger partial charge in [-0.3, -0.25) is 0 Å². The first-order chi connectivity index (χ1) is 11.0. The van der Waals surface area contributed by atoms with Gasteiger partial charge >= 0.3 is 6.03 Å². The zero-order valence-electron chi connectivity index (χ0n) is 13.7. The summed E-state index contributed by atoms with van der Waals surface area (Å²) < 4.78 is 19.9. The van der Waals surface area contributed by atoms with E-state index >= 15 is 0 Å². The molecule has 5 nitrogen and oxygen atoms in total. The van der Waals surface area contributed by atoms with Gasteiger partial charge in [-0.2, -0.15) is 0 Å². The Hall–Kier alpha value is -1.82. The standard InChI is InChI=1S/C17H24FN3O2/c1-12-10-21(11-13(2)23-12)17(22)19-14-5-6-16(15(18)9-14)20-7-3-4-8-20/h5-6,9,12-13H,3-4,7-8,10-11H2,1-2H3,(H,19,22). The number of carbonyl (C=O) groups is 1. The molecule has 1 N–H and O–H groups in total. The maximum atomic E-state index is 14.3. The summed E-state index contributed by atoms with van der Waals surface area (Å²) in [5.41, 5.74) is 1.11. The van der Waals surface area contributed by atoms with Crippen molar-refractivity contribution in [3.05, 3.63) is 24.0 Å². The third kappa shape index (κ3) is 3.75. The van der Waals surface area contributed by atoms with Crippen LogP contribution >= 0.6 is 0 Å². The molecule has 2 aliphatic heterocycles. The van der Waals surface area contributed by atoms with Crippen molar-refractivity contribution in [1.82, 2.24) is 4.90 Å². The van der Waals surface area contributed by atoms with Crippen molar-refractivity contribution in [2.24, 2.45) is 0 Å². The van der Waals surface area contributed by atoms with Crippen LogP contribution < -0.4 is 10.2 Å². The molecule has 2 unspecified atom stereocenters. The first-order valence-corrected chi connectivity index (χ1v) is 8.29. The van der Waals surface area contributed by atoms with Gasteiger partial charge in [-0.05, 0) is 44.9 Å². The molecule has 0 radical (unpaired) electrons. The molecular formula is C17H24FN3O2. The largest absolute Gasteiger partial charge is 0.372 e. The molecule has 0 aromatic heterocycles. The Morgan fingerprint density at radius 2 is 1.87 bits per heavy atom. The van der Waals surface area contributed by atoms with E-state index in [0.29, 0.717) is 24.5 Å². The number of ether oxygens (including phenoxy) is 1. The van der Waals surface area contributed by atoms with Crippen LogP contribution in [-0.4, -0.2) is 49.3 Å². The van der Waals surface area contributed by atoms with Crippen molar-refractivity contribution < 1.29 is 13.9 Å². The molecule has 0 spiro atoms. The molecule has 2 fully saturated rings. The molecule has 2 atom stereocenters. The van der Waals surface area contributed by atoms with Gasteiger partial charge in [-0.1, -0.05) is 0 Å². The van der Waals surface area contributed by atoms with Gasteiger partial charge in [0.25, 0.3) is 0 Å². The van der Waals surface area contributed by atoms with Gasteiger partial charge in [-0.15, -0.1) is 0 Å². The van der Waals surface area contributed by atoms with Crippen molar-refractivity contribution in [1.29, 1.82) is 0 Å². The van der Waals surface area contributed by atoms with Crippen LogP contribution in [0.5, 0.6) is 0 Å². The molecule has 0 saturated carbocycles. The van der Waals surface area contributed by atoms with E-state index < -0.39 is 0 Å². The summed E-state index contributed by atoms with van der Waals surface area (Å²) in [6, 6.07) is 4.71. The number of carbonyl (C=O) groups excluding carboxylic acids is 1. The van der Waals surface area contributed by atoms with Crippen molar-refractivity contribution in [2.75, 3.05) is 36.4 Å². The molecule has 1 aromatic rings. The van der Waals surface area contributed by atoms with Crippen LogP contribution in [0.25, 0.3) is 0 Å². The van der Waals surface area contributed by atoms with E-state index in [-0.39, 0.29) is 24.1 Å². The van der Waals surface area contributed by atoms with Gasteiger partial charge in [0.15, 0.2) is 0 Å². The quantitative estimate of drug-likeness (QED) is 0.910. The van der Waals surface area contributed by atoms with E-state index in [0.717, 1.165) is 25.9 Å². The first kappa shape index (κ1) is 16.1. The topological polar surface area (TPSA) is 44.8 Å². The van der Waals surface area contributed by atoms with E-state index in [1.165, 1.54) is 6.07 Å². The molecular weight excluding hydrogens is 297 g/mol. The Balaban J connectivity index is 1.65. The second-order valence-corrected chi connectivity index (χ2v) is 6.45. The molecule has 6 heteroatoms. The summed E-state index contributed by atoms with van der Waals surface area (Å²) >= 11 is 0. The summed E-state index contributed by atoms with van der Waals surface area (Å²) in [5, 5.41) is 2.78. The molecule has 2 aliphatic rings. The average molecular weight is 321 g/mol. The Labute approximate surface area is 136 Å². The number of nitrogens with zero attached hydrogens (tertiary/aromatic N) is 2. The Bertz CT molecular complexity index is 565. The molecule has 126 valence electrons. The van der Waals surface area contributed by atoms with Gasteiger partial charge < -0.3 is 19.9 Å². The van der Waals surface area contributed by atoms with Crippen molar-refractivity contribution in [3.63, 3.8) is 0 Å². The number of nitrogens with one attached hydrogen (secondary N) is 1. The Morgan fingerprint density at radius 1 is 1.22 bits per heavy atom. The fraction of sp³-hybridized carbons (Fsp3) is 0.588. The van der Waals surface area contributed by atoms with Crippen LogP contribution in [0.2, 0.25) is 0 Å². The normalized spacial score (nSPS) is 24.8. The van der Waals surface area contributed by atoms with Crippen LogP contribution in [0.4, 0.5) is 20.6 Å². The van der Waals surface area contributed by atoms with Gasteiger partial charge in [0.2, 0.25) is 0 Å². The van der Waals surface area contributed by atoms with Crippen LogP contribution in [0.1, 0.15) is 26.7 Å². The molecule has 2 amide bonds. The lowest BCUT2D eigenvalue weighted by Crippen LogP contribution is -2.49. The van der Waals surface area contributed by atoms with Crippen LogP contribution in [0.3, 0.4) is 0 Å². The van der Waals surface area contributed by atoms with Crippen LogP contribution in [0, 0.1) is 5.82 Å². The predicted molar refractivity (Wildman–Crippen MR) is 88.4 cm³/mol. The van der Waals surface area contributed by atoms with E-state index in [2.05, 4.69) is 5.32 Å². The molecule has 1 aromatic carbocycles. The highest BCUT2D eigenvalue weighted by Gasteiger charge is 2.26. The zero-order valence-corrected chi connectivity index (χ0v) is 13.7. The van der Waals surface area contributed by atoms with Gasteiger partial charge in [-0.25, -0.2) is 9.18 Å². The number of urea groups is 1. The van der Waals surface area contributed by atoms with Crippen molar-refractivity contribution in [3.8, 4) is 0 Å².